The van der Waals surface area contributed by atoms with Gasteiger partial charge in [0.2, 0.25) is 0 Å². The number of benzene rings is 2. The summed E-state index contributed by atoms with van der Waals surface area (Å²) >= 11 is 6.23. The second kappa shape index (κ2) is 5.46. The van der Waals surface area contributed by atoms with Crippen LogP contribution in [0.2, 0.25) is 5.02 Å². The number of aromatic amines is 1. The van der Waals surface area contributed by atoms with Crippen LogP contribution in [0.25, 0.3) is 22.2 Å². The molecule has 5 heteroatoms. The number of aldehydes is 1. The lowest BCUT2D eigenvalue weighted by molar-refractivity contribution is 0.112. The average Bonchev–Trinajstić information content (AvgIpc) is 2.91. The smallest absolute Gasteiger partial charge is 0.152 e. The maximum Gasteiger partial charge on any atom is 0.152 e. The molecule has 0 saturated heterocycles. The first kappa shape index (κ1) is 14.6. The quantitative estimate of drug-likeness (QED) is 0.708. The SMILES string of the molecule is COc1ccc(F)cc1-c1[nH]c2c(C)ccc(Cl)c2c1C=O. The number of carbonyl (C=O) groups excluding carboxylic acids is 1. The maximum atomic E-state index is 13.6. The molecule has 0 aliphatic carbocycles. The molecule has 0 amide bonds. The third-order valence-corrected chi connectivity index (χ3v) is 4.02. The molecule has 0 aliphatic rings. The number of nitrogens with one attached hydrogen (secondary N) is 1. The van der Waals surface area contributed by atoms with E-state index in [0.717, 1.165) is 17.4 Å². The summed E-state index contributed by atoms with van der Waals surface area (Å²) in [7, 11) is 1.50. The second-order valence-corrected chi connectivity index (χ2v) is 5.40. The van der Waals surface area contributed by atoms with E-state index in [9.17, 15) is 9.18 Å². The number of halogens is 2. The topological polar surface area (TPSA) is 42.1 Å². The minimum atomic E-state index is -0.408. The number of aryl methyl sites for hydroxylation is 1. The van der Waals surface area contributed by atoms with Gasteiger partial charge in [0.15, 0.2) is 6.29 Å². The Kier molecular flexibility index (Phi) is 3.62. The zero-order valence-corrected chi connectivity index (χ0v) is 12.8. The number of H-pyrrole nitrogens is 1. The van der Waals surface area contributed by atoms with Crippen LogP contribution in [0.3, 0.4) is 0 Å². The average molecular weight is 318 g/mol. The number of carbonyl (C=O) groups is 1. The van der Waals surface area contributed by atoms with Gasteiger partial charge in [-0.25, -0.2) is 4.39 Å². The third-order valence-electron chi connectivity index (χ3n) is 3.70. The standard InChI is InChI=1S/C17H13ClFNO2/c1-9-3-5-13(18)15-12(8-21)17(20-16(9)15)11-7-10(19)4-6-14(11)22-2/h3-8,20H,1-2H3. The van der Waals surface area contributed by atoms with E-state index < -0.39 is 5.82 Å². The van der Waals surface area contributed by atoms with Gasteiger partial charge in [-0.2, -0.15) is 0 Å². The van der Waals surface area contributed by atoms with Crippen molar-refractivity contribution in [1.29, 1.82) is 0 Å². The molecule has 22 heavy (non-hydrogen) atoms. The normalized spacial score (nSPS) is 10.9. The molecule has 112 valence electrons. The highest BCUT2D eigenvalue weighted by Crippen LogP contribution is 2.38. The summed E-state index contributed by atoms with van der Waals surface area (Å²) < 4.78 is 18.9. The Morgan fingerprint density at radius 2 is 2.05 bits per heavy atom. The van der Waals surface area contributed by atoms with E-state index in [2.05, 4.69) is 4.98 Å². The third kappa shape index (κ3) is 2.16. The van der Waals surface area contributed by atoms with Crippen LogP contribution in [0.15, 0.2) is 30.3 Å². The molecule has 0 saturated carbocycles. The Morgan fingerprint density at radius 3 is 2.73 bits per heavy atom. The molecule has 3 nitrogen and oxygen atoms in total. The van der Waals surface area contributed by atoms with Crippen molar-refractivity contribution in [1.82, 2.24) is 4.98 Å². The van der Waals surface area contributed by atoms with E-state index in [-0.39, 0.29) is 0 Å². The molecular formula is C17H13ClFNO2. The highest BCUT2D eigenvalue weighted by Gasteiger charge is 2.19. The number of hydrogen-bond acceptors (Lipinski definition) is 2. The van der Waals surface area contributed by atoms with Crippen molar-refractivity contribution in [3.8, 4) is 17.0 Å². The number of ether oxygens (including phenoxy) is 1. The van der Waals surface area contributed by atoms with Crippen LogP contribution in [-0.4, -0.2) is 18.4 Å². The van der Waals surface area contributed by atoms with Crippen LogP contribution >= 0.6 is 11.6 Å². The summed E-state index contributed by atoms with van der Waals surface area (Å²) in [5, 5.41) is 1.11. The molecule has 0 fully saturated rings. The molecule has 2 aromatic carbocycles. The monoisotopic (exact) mass is 317 g/mol. The van der Waals surface area contributed by atoms with Gasteiger partial charge in [-0.05, 0) is 36.8 Å². The Morgan fingerprint density at radius 1 is 1.27 bits per heavy atom. The summed E-state index contributed by atoms with van der Waals surface area (Å²) in [6.45, 7) is 1.91. The molecule has 1 heterocycles. The number of methoxy groups -OCH3 is 1. The fourth-order valence-corrected chi connectivity index (χ4v) is 2.89. The van der Waals surface area contributed by atoms with Crippen molar-refractivity contribution < 1.29 is 13.9 Å². The molecule has 0 unspecified atom stereocenters. The van der Waals surface area contributed by atoms with E-state index in [4.69, 9.17) is 16.3 Å². The van der Waals surface area contributed by atoms with Crippen LogP contribution in [0.4, 0.5) is 4.39 Å². The van der Waals surface area contributed by atoms with Crippen molar-refractivity contribution in [2.75, 3.05) is 7.11 Å². The fourth-order valence-electron chi connectivity index (χ4n) is 2.63. The lowest BCUT2D eigenvalue weighted by Gasteiger charge is -2.07. The van der Waals surface area contributed by atoms with Gasteiger partial charge in [0, 0.05) is 16.5 Å². The number of hydrogen-bond donors (Lipinski definition) is 1. The first-order valence-electron chi connectivity index (χ1n) is 6.66. The first-order chi connectivity index (χ1) is 10.6. The molecule has 1 aromatic heterocycles. The number of aromatic nitrogens is 1. The van der Waals surface area contributed by atoms with Crippen LogP contribution in [0, 0.1) is 12.7 Å². The minimum Gasteiger partial charge on any atom is -0.496 e. The fraction of sp³-hybridized carbons (Fsp3) is 0.118. The van der Waals surface area contributed by atoms with Gasteiger partial charge < -0.3 is 9.72 Å². The molecule has 3 rings (SSSR count). The van der Waals surface area contributed by atoms with E-state index in [1.165, 1.54) is 25.3 Å². The minimum absolute atomic E-state index is 0.396. The van der Waals surface area contributed by atoms with Gasteiger partial charge in [0.1, 0.15) is 11.6 Å². The Balaban J connectivity index is 2.42. The molecule has 0 atom stereocenters. The molecule has 0 spiro atoms. The van der Waals surface area contributed by atoms with Gasteiger partial charge >= 0.3 is 0 Å². The van der Waals surface area contributed by atoms with Crippen LogP contribution in [0.1, 0.15) is 15.9 Å². The Labute approximate surface area is 131 Å². The maximum absolute atomic E-state index is 13.6. The second-order valence-electron chi connectivity index (χ2n) is 4.99. The lowest BCUT2D eigenvalue weighted by Crippen LogP contribution is -1.92. The largest absolute Gasteiger partial charge is 0.496 e. The zero-order valence-electron chi connectivity index (χ0n) is 12.0. The van der Waals surface area contributed by atoms with E-state index in [1.54, 1.807) is 6.07 Å². The van der Waals surface area contributed by atoms with Crippen molar-refractivity contribution in [3.05, 3.63) is 52.3 Å². The van der Waals surface area contributed by atoms with Crippen molar-refractivity contribution in [2.45, 2.75) is 6.92 Å². The van der Waals surface area contributed by atoms with Crippen molar-refractivity contribution in [3.63, 3.8) is 0 Å². The summed E-state index contributed by atoms with van der Waals surface area (Å²) in [5.74, 6) is 0.0685. The van der Waals surface area contributed by atoms with Crippen molar-refractivity contribution in [2.24, 2.45) is 0 Å². The zero-order chi connectivity index (χ0) is 15.9. The number of fused-ring (bicyclic) bond motifs is 1. The van der Waals surface area contributed by atoms with Gasteiger partial charge in [-0.3, -0.25) is 4.79 Å². The highest BCUT2D eigenvalue weighted by molar-refractivity contribution is 6.37. The molecular weight excluding hydrogens is 305 g/mol. The van der Waals surface area contributed by atoms with E-state index >= 15 is 0 Å². The van der Waals surface area contributed by atoms with E-state index in [0.29, 0.717) is 33.0 Å². The summed E-state index contributed by atoms with van der Waals surface area (Å²) in [5.41, 5.74) is 3.08. The molecule has 0 aliphatic heterocycles. The molecule has 1 N–H and O–H groups in total. The first-order valence-corrected chi connectivity index (χ1v) is 7.04. The molecule has 0 bridgehead atoms. The summed E-state index contributed by atoms with van der Waals surface area (Å²) in [6, 6.07) is 7.78. The Hall–Kier alpha value is -2.33. The van der Waals surface area contributed by atoms with Gasteiger partial charge in [-0.1, -0.05) is 17.7 Å². The summed E-state index contributed by atoms with van der Waals surface area (Å²) in [4.78, 5) is 14.8. The Bertz CT molecular complexity index is 886. The molecule has 0 radical (unpaired) electrons. The lowest BCUT2D eigenvalue weighted by atomic mass is 10.0. The highest BCUT2D eigenvalue weighted by atomic mass is 35.5. The van der Waals surface area contributed by atoms with Gasteiger partial charge in [0.25, 0.3) is 0 Å². The van der Waals surface area contributed by atoms with Gasteiger partial charge in [-0.15, -0.1) is 0 Å². The van der Waals surface area contributed by atoms with E-state index in [1.807, 2.05) is 13.0 Å². The summed E-state index contributed by atoms with van der Waals surface area (Å²) in [6.07, 6.45) is 0.726. The van der Waals surface area contributed by atoms with Crippen LogP contribution in [0.5, 0.6) is 5.75 Å². The number of rotatable bonds is 3. The predicted octanol–water partition coefficient (Wildman–Crippen LogP) is 4.76. The van der Waals surface area contributed by atoms with Gasteiger partial charge in [0.05, 0.1) is 23.3 Å². The predicted molar refractivity (Wildman–Crippen MR) is 85.4 cm³/mol. The van der Waals surface area contributed by atoms with Crippen LogP contribution in [-0.2, 0) is 0 Å². The molecule has 3 aromatic rings. The van der Waals surface area contributed by atoms with Crippen molar-refractivity contribution >= 4 is 28.8 Å². The van der Waals surface area contributed by atoms with Crippen LogP contribution < -0.4 is 4.74 Å².